The lowest BCUT2D eigenvalue weighted by Gasteiger charge is -2.26. The second kappa shape index (κ2) is 9.34. The number of nitrogens with zero attached hydrogens (tertiary/aromatic N) is 4. The van der Waals surface area contributed by atoms with Crippen LogP contribution >= 0.6 is 0 Å². The van der Waals surface area contributed by atoms with Crippen LogP contribution in [0.3, 0.4) is 0 Å². The van der Waals surface area contributed by atoms with E-state index in [1.54, 1.807) is 7.11 Å². The van der Waals surface area contributed by atoms with Gasteiger partial charge in [0.05, 0.1) is 25.0 Å². The summed E-state index contributed by atoms with van der Waals surface area (Å²) in [6, 6.07) is 9.71. The molecule has 0 spiro atoms. The van der Waals surface area contributed by atoms with Crippen molar-refractivity contribution in [1.82, 2.24) is 20.3 Å². The summed E-state index contributed by atoms with van der Waals surface area (Å²) in [4.78, 5) is 11.4. The highest BCUT2D eigenvalue weighted by molar-refractivity contribution is 5.90. The lowest BCUT2D eigenvalue weighted by molar-refractivity contribution is 0.236. The zero-order valence-corrected chi connectivity index (χ0v) is 19.6. The molecule has 9 nitrogen and oxygen atoms in total. The average molecular weight is 464 g/mol. The van der Waals surface area contributed by atoms with Gasteiger partial charge in [0.15, 0.2) is 0 Å². The molecule has 3 aromatic rings. The van der Waals surface area contributed by atoms with E-state index in [9.17, 15) is 5.11 Å². The van der Waals surface area contributed by atoms with Crippen LogP contribution < -0.4 is 19.6 Å². The highest BCUT2D eigenvalue weighted by atomic mass is 16.5. The van der Waals surface area contributed by atoms with Crippen molar-refractivity contribution < 1.29 is 19.3 Å². The number of aromatic hydroxyl groups is 1. The number of aromatic nitrogens is 2. The summed E-state index contributed by atoms with van der Waals surface area (Å²) in [5.41, 5.74) is 5.53. The monoisotopic (exact) mass is 463 g/mol. The SMILES string of the molecule is COc1cc(C2C=NNC2)cc2c(O)nc(C3COc4cccc(OCCN(C)C)c4C3)nc12. The van der Waals surface area contributed by atoms with Gasteiger partial charge in [0, 0.05) is 30.8 Å². The van der Waals surface area contributed by atoms with Crippen molar-refractivity contribution in [3.8, 4) is 23.1 Å². The van der Waals surface area contributed by atoms with E-state index in [4.69, 9.17) is 19.2 Å². The first-order chi connectivity index (χ1) is 16.5. The number of likely N-dealkylation sites (N-methyl/N-ethyl adjacent to an activating group) is 1. The Labute approximate surface area is 198 Å². The Morgan fingerprint density at radius 1 is 1.21 bits per heavy atom. The summed E-state index contributed by atoms with van der Waals surface area (Å²) in [7, 11) is 5.64. The number of nitrogens with one attached hydrogen (secondary N) is 1. The van der Waals surface area contributed by atoms with Crippen molar-refractivity contribution in [2.75, 3.05) is 47.5 Å². The van der Waals surface area contributed by atoms with Gasteiger partial charge in [-0.2, -0.15) is 10.1 Å². The van der Waals surface area contributed by atoms with E-state index < -0.39 is 0 Å². The maximum atomic E-state index is 10.9. The fourth-order valence-electron chi connectivity index (χ4n) is 4.34. The van der Waals surface area contributed by atoms with E-state index in [2.05, 4.69) is 20.4 Å². The van der Waals surface area contributed by atoms with Crippen molar-refractivity contribution in [1.29, 1.82) is 0 Å². The van der Waals surface area contributed by atoms with Gasteiger partial charge in [-0.05, 0) is 50.3 Å². The lowest BCUT2D eigenvalue weighted by atomic mass is 9.94. The van der Waals surface area contributed by atoms with Gasteiger partial charge in [0.2, 0.25) is 5.88 Å². The summed E-state index contributed by atoms with van der Waals surface area (Å²) in [5.74, 6) is 2.65. The summed E-state index contributed by atoms with van der Waals surface area (Å²) < 4.78 is 17.7. The van der Waals surface area contributed by atoms with Gasteiger partial charge < -0.3 is 29.6 Å². The first-order valence-corrected chi connectivity index (χ1v) is 11.4. The number of fused-ring (bicyclic) bond motifs is 2. The maximum absolute atomic E-state index is 10.9. The van der Waals surface area contributed by atoms with Gasteiger partial charge in [0.1, 0.15) is 35.2 Å². The van der Waals surface area contributed by atoms with E-state index in [1.807, 2.05) is 50.6 Å². The fraction of sp³-hybridized carbons (Fsp3) is 0.400. The third-order valence-electron chi connectivity index (χ3n) is 6.23. The van der Waals surface area contributed by atoms with Crippen LogP contribution in [0.1, 0.15) is 28.8 Å². The molecule has 2 aromatic carbocycles. The second-order valence-electron chi connectivity index (χ2n) is 8.87. The minimum Gasteiger partial charge on any atom is -0.494 e. The van der Waals surface area contributed by atoms with Crippen LogP contribution in [0.2, 0.25) is 0 Å². The molecule has 0 radical (unpaired) electrons. The second-order valence-corrected chi connectivity index (χ2v) is 8.87. The Balaban J connectivity index is 1.46. The highest BCUT2D eigenvalue weighted by Gasteiger charge is 2.28. The normalized spacial score (nSPS) is 19.1. The van der Waals surface area contributed by atoms with E-state index in [1.165, 1.54) is 0 Å². The molecule has 2 aliphatic heterocycles. The number of hydrogen-bond donors (Lipinski definition) is 2. The molecule has 2 N–H and O–H groups in total. The molecule has 2 aliphatic rings. The molecule has 178 valence electrons. The van der Waals surface area contributed by atoms with Gasteiger partial charge in [-0.15, -0.1) is 0 Å². The summed E-state index contributed by atoms with van der Waals surface area (Å²) in [6.07, 6.45) is 2.50. The predicted molar refractivity (Wildman–Crippen MR) is 129 cm³/mol. The van der Waals surface area contributed by atoms with Crippen LogP contribution in [-0.4, -0.2) is 73.7 Å². The zero-order valence-electron chi connectivity index (χ0n) is 19.6. The summed E-state index contributed by atoms with van der Waals surface area (Å²) in [6.45, 7) is 2.53. The highest BCUT2D eigenvalue weighted by Crippen LogP contribution is 2.39. The van der Waals surface area contributed by atoms with Crippen molar-refractivity contribution >= 4 is 17.1 Å². The Bertz CT molecular complexity index is 1230. The van der Waals surface area contributed by atoms with Crippen molar-refractivity contribution in [3.05, 3.63) is 47.3 Å². The fourth-order valence-corrected chi connectivity index (χ4v) is 4.34. The third-order valence-corrected chi connectivity index (χ3v) is 6.23. The number of hydrogen-bond acceptors (Lipinski definition) is 9. The van der Waals surface area contributed by atoms with E-state index >= 15 is 0 Å². The average Bonchev–Trinajstić information content (AvgIpc) is 3.38. The number of benzene rings is 2. The van der Waals surface area contributed by atoms with Gasteiger partial charge in [-0.1, -0.05) is 6.07 Å². The summed E-state index contributed by atoms with van der Waals surface area (Å²) >= 11 is 0. The third kappa shape index (κ3) is 4.31. The van der Waals surface area contributed by atoms with Gasteiger partial charge in [0.25, 0.3) is 0 Å². The Morgan fingerprint density at radius 2 is 2.09 bits per heavy atom. The topological polar surface area (TPSA) is 101 Å². The van der Waals surface area contributed by atoms with E-state index in [0.717, 1.165) is 29.2 Å². The minimum atomic E-state index is -0.128. The van der Waals surface area contributed by atoms with Crippen LogP contribution in [0.4, 0.5) is 0 Å². The standard InChI is InChI=1S/C25H29N5O4/c1-30(2)7-8-33-20-5-4-6-21-18(20)10-16(14-34-21)24-28-23-19(25(31)29-24)9-15(11-22(23)32-3)17-12-26-27-13-17/h4-6,9,11-12,16-17,27H,7-8,10,13-14H2,1-3H3,(H,28,29,31). The number of ether oxygens (including phenoxy) is 3. The molecular formula is C25H29N5O4. The number of rotatable bonds is 7. The van der Waals surface area contributed by atoms with Crippen LogP contribution in [0, 0.1) is 0 Å². The van der Waals surface area contributed by atoms with Gasteiger partial charge >= 0.3 is 0 Å². The van der Waals surface area contributed by atoms with Crippen LogP contribution in [0.25, 0.3) is 10.9 Å². The molecule has 0 aliphatic carbocycles. The minimum absolute atomic E-state index is 0.0654. The van der Waals surface area contributed by atoms with Gasteiger partial charge in [-0.25, -0.2) is 4.98 Å². The number of methoxy groups -OCH3 is 1. The van der Waals surface area contributed by atoms with Crippen molar-refractivity contribution in [3.63, 3.8) is 0 Å². The van der Waals surface area contributed by atoms with E-state index in [-0.39, 0.29) is 17.7 Å². The molecule has 1 aromatic heterocycles. The molecule has 0 saturated carbocycles. The van der Waals surface area contributed by atoms with Crippen LogP contribution in [-0.2, 0) is 6.42 Å². The molecular weight excluding hydrogens is 434 g/mol. The zero-order chi connectivity index (χ0) is 23.7. The molecule has 0 fully saturated rings. The Hall–Kier alpha value is -3.59. The molecule has 0 amide bonds. The number of hydrazone groups is 1. The van der Waals surface area contributed by atoms with Crippen LogP contribution in [0.15, 0.2) is 35.4 Å². The summed E-state index contributed by atoms with van der Waals surface area (Å²) in [5, 5.41) is 15.5. The Kier molecular flexibility index (Phi) is 6.10. The smallest absolute Gasteiger partial charge is 0.222 e. The molecule has 3 heterocycles. The maximum Gasteiger partial charge on any atom is 0.222 e. The Morgan fingerprint density at radius 3 is 2.85 bits per heavy atom. The van der Waals surface area contributed by atoms with Crippen molar-refractivity contribution in [2.45, 2.75) is 18.3 Å². The molecule has 2 unspecified atom stereocenters. The van der Waals surface area contributed by atoms with E-state index in [0.29, 0.717) is 48.7 Å². The molecule has 34 heavy (non-hydrogen) atoms. The molecule has 0 saturated heterocycles. The molecule has 9 heteroatoms. The quantitative estimate of drug-likeness (QED) is 0.552. The first-order valence-electron chi connectivity index (χ1n) is 11.4. The van der Waals surface area contributed by atoms with Crippen LogP contribution in [0.5, 0.6) is 23.1 Å². The van der Waals surface area contributed by atoms with Gasteiger partial charge in [-0.3, -0.25) is 0 Å². The van der Waals surface area contributed by atoms with Crippen molar-refractivity contribution in [2.24, 2.45) is 5.10 Å². The lowest BCUT2D eigenvalue weighted by Crippen LogP contribution is -2.23. The largest absolute Gasteiger partial charge is 0.494 e. The molecule has 2 atom stereocenters. The first kappa shape index (κ1) is 22.2. The molecule has 0 bridgehead atoms. The molecule has 5 rings (SSSR count). The predicted octanol–water partition coefficient (Wildman–Crippen LogP) is 2.68.